The molecule has 0 aliphatic carbocycles. The van der Waals surface area contributed by atoms with Crippen molar-refractivity contribution in [3.63, 3.8) is 0 Å². The van der Waals surface area contributed by atoms with E-state index in [0.29, 0.717) is 10.8 Å². The first kappa shape index (κ1) is 18.1. The van der Waals surface area contributed by atoms with Crippen LogP contribution in [0.2, 0.25) is 5.02 Å². The fraction of sp³-hybridized carbons (Fsp3) is 0.647. The lowest BCUT2D eigenvalue weighted by molar-refractivity contribution is 0.391. The minimum absolute atomic E-state index is 0.571. The third-order valence-corrected chi connectivity index (χ3v) is 3.90. The van der Waals surface area contributed by atoms with Crippen LogP contribution in [0.25, 0.3) is 0 Å². The molecule has 0 fully saturated rings. The molecule has 21 heavy (non-hydrogen) atoms. The van der Waals surface area contributed by atoms with Gasteiger partial charge >= 0.3 is 0 Å². The summed E-state index contributed by atoms with van der Waals surface area (Å²) in [6.45, 7) is 4.45. The summed E-state index contributed by atoms with van der Waals surface area (Å²) >= 11 is 6.27. The average molecular weight is 314 g/mol. The maximum absolute atomic E-state index is 6.27. The number of hydrogen-bond donors (Lipinski definition) is 1. The number of rotatable bonds is 11. The Kier molecular flexibility index (Phi) is 9.27. The van der Waals surface area contributed by atoms with Gasteiger partial charge < -0.3 is 14.8 Å². The summed E-state index contributed by atoms with van der Waals surface area (Å²) in [7, 11) is 3.27. The molecule has 0 aliphatic rings. The zero-order valence-corrected chi connectivity index (χ0v) is 14.3. The highest BCUT2D eigenvalue weighted by atomic mass is 35.5. The molecule has 0 saturated heterocycles. The standard InChI is InChI=1S/C17H28ClNO2/c1-4-12-19-13-8-6-5-7-9-14-10-11-15(20-2)16(18)17(14)21-3/h10-11,19H,4-9,12-13H2,1-3H3. The van der Waals surface area contributed by atoms with Crippen molar-refractivity contribution in [3.8, 4) is 11.5 Å². The normalized spacial score (nSPS) is 10.7. The van der Waals surface area contributed by atoms with Crippen molar-refractivity contribution in [2.45, 2.75) is 45.4 Å². The van der Waals surface area contributed by atoms with Crippen molar-refractivity contribution in [3.05, 3.63) is 22.7 Å². The molecule has 0 aliphatic heterocycles. The Hall–Kier alpha value is -0.930. The maximum atomic E-state index is 6.27. The van der Waals surface area contributed by atoms with Gasteiger partial charge in [-0.25, -0.2) is 0 Å². The lowest BCUT2D eigenvalue weighted by Gasteiger charge is -2.13. The molecule has 3 nitrogen and oxygen atoms in total. The number of methoxy groups -OCH3 is 2. The number of ether oxygens (including phenoxy) is 2. The molecule has 0 spiro atoms. The largest absolute Gasteiger partial charge is 0.495 e. The number of aryl methyl sites for hydroxylation is 1. The van der Waals surface area contributed by atoms with Crippen LogP contribution < -0.4 is 14.8 Å². The van der Waals surface area contributed by atoms with Gasteiger partial charge in [0, 0.05) is 0 Å². The van der Waals surface area contributed by atoms with Gasteiger partial charge in [0.2, 0.25) is 0 Å². The Labute approximate surface area is 134 Å². The maximum Gasteiger partial charge on any atom is 0.144 e. The van der Waals surface area contributed by atoms with Crippen molar-refractivity contribution in [2.75, 3.05) is 27.3 Å². The second kappa shape index (κ2) is 10.7. The zero-order valence-electron chi connectivity index (χ0n) is 13.5. The van der Waals surface area contributed by atoms with E-state index in [1.165, 1.54) is 25.7 Å². The molecule has 1 rings (SSSR count). The highest BCUT2D eigenvalue weighted by Gasteiger charge is 2.12. The van der Waals surface area contributed by atoms with Gasteiger partial charge in [-0.2, -0.15) is 0 Å². The molecule has 1 N–H and O–H groups in total. The number of unbranched alkanes of at least 4 members (excludes halogenated alkanes) is 3. The molecule has 0 heterocycles. The molecule has 0 aromatic heterocycles. The fourth-order valence-corrected chi connectivity index (χ4v) is 2.71. The van der Waals surface area contributed by atoms with Gasteiger partial charge in [0.1, 0.15) is 16.5 Å². The molecular weight excluding hydrogens is 286 g/mol. The Morgan fingerprint density at radius 3 is 2.43 bits per heavy atom. The highest BCUT2D eigenvalue weighted by molar-refractivity contribution is 6.33. The van der Waals surface area contributed by atoms with Crippen molar-refractivity contribution >= 4 is 11.6 Å². The molecule has 4 heteroatoms. The minimum atomic E-state index is 0.571. The minimum Gasteiger partial charge on any atom is -0.495 e. The van der Waals surface area contributed by atoms with Gasteiger partial charge in [0.25, 0.3) is 0 Å². The van der Waals surface area contributed by atoms with E-state index in [4.69, 9.17) is 21.1 Å². The predicted octanol–water partition coefficient (Wildman–Crippen LogP) is 4.46. The van der Waals surface area contributed by atoms with Gasteiger partial charge in [-0.05, 0) is 50.4 Å². The van der Waals surface area contributed by atoms with Crippen LogP contribution >= 0.6 is 11.6 Å². The van der Waals surface area contributed by atoms with E-state index in [0.717, 1.165) is 37.2 Å². The second-order valence-corrected chi connectivity index (χ2v) is 5.57. The van der Waals surface area contributed by atoms with Crippen molar-refractivity contribution in [1.82, 2.24) is 5.32 Å². The average Bonchev–Trinajstić information content (AvgIpc) is 2.50. The van der Waals surface area contributed by atoms with E-state index in [-0.39, 0.29) is 0 Å². The first-order valence-corrected chi connectivity index (χ1v) is 8.22. The Balaban J connectivity index is 2.33. The molecule has 0 amide bonds. The first-order valence-electron chi connectivity index (χ1n) is 7.84. The first-order chi connectivity index (χ1) is 10.2. The third kappa shape index (κ3) is 6.15. The number of benzene rings is 1. The summed E-state index contributed by atoms with van der Waals surface area (Å²) in [5, 5.41) is 4.00. The van der Waals surface area contributed by atoms with Crippen LogP contribution in [0.1, 0.15) is 44.6 Å². The van der Waals surface area contributed by atoms with Crippen LogP contribution in [-0.4, -0.2) is 27.3 Å². The quantitative estimate of drug-likeness (QED) is 0.612. The molecular formula is C17H28ClNO2. The van der Waals surface area contributed by atoms with Crippen LogP contribution in [0, 0.1) is 0 Å². The third-order valence-electron chi connectivity index (χ3n) is 3.54. The summed E-state index contributed by atoms with van der Waals surface area (Å²) in [6.07, 6.45) is 7.12. The molecule has 0 bridgehead atoms. The van der Waals surface area contributed by atoms with Gasteiger partial charge in [0.05, 0.1) is 14.2 Å². The van der Waals surface area contributed by atoms with E-state index in [1.807, 2.05) is 12.1 Å². The van der Waals surface area contributed by atoms with E-state index in [9.17, 15) is 0 Å². The van der Waals surface area contributed by atoms with Gasteiger partial charge in [-0.1, -0.05) is 37.4 Å². The monoisotopic (exact) mass is 313 g/mol. The van der Waals surface area contributed by atoms with Crippen LogP contribution in [0.4, 0.5) is 0 Å². The van der Waals surface area contributed by atoms with E-state index in [1.54, 1.807) is 14.2 Å². The number of hydrogen-bond acceptors (Lipinski definition) is 3. The lowest BCUT2D eigenvalue weighted by atomic mass is 10.0. The van der Waals surface area contributed by atoms with Crippen LogP contribution in [-0.2, 0) is 6.42 Å². The molecule has 0 atom stereocenters. The smallest absolute Gasteiger partial charge is 0.144 e. The Morgan fingerprint density at radius 1 is 1.00 bits per heavy atom. The van der Waals surface area contributed by atoms with E-state index < -0.39 is 0 Å². The lowest BCUT2D eigenvalue weighted by Crippen LogP contribution is -2.15. The summed E-state index contributed by atoms with van der Waals surface area (Å²) in [5.74, 6) is 1.42. The SMILES string of the molecule is CCCNCCCCCCc1ccc(OC)c(Cl)c1OC. The molecule has 0 unspecified atom stereocenters. The summed E-state index contributed by atoms with van der Waals surface area (Å²) < 4.78 is 10.6. The molecule has 1 aromatic carbocycles. The summed E-state index contributed by atoms with van der Waals surface area (Å²) in [6, 6.07) is 3.96. The molecule has 120 valence electrons. The topological polar surface area (TPSA) is 30.5 Å². The van der Waals surface area contributed by atoms with E-state index >= 15 is 0 Å². The Bertz CT molecular complexity index is 410. The van der Waals surface area contributed by atoms with Gasteiger partial charge in [0.15, 0.2) is 0 Å². The van der Waals surface area contributed by atoms with Crippen LogP contribution in [0.15, 0.2) is 12.1 Å². The van der Waals surface area contributed by atoms with Crippen molar-refractivity contribution in [2.24, 2.45) is 0 Å². The summed E-state index contributed by atoms with van der Waals surface area (Å²) in [5.41, 5.74) is 1.16. The summed E-state index contributed by atoms with van der Waals surface area (Å²) in [4.78, 5) is 0. The Morgan fingerprint density at radius 2 is 1.76 bits per heavy atom. The predicted molar refractivity (Wildman–Crippen MR) is 89.9 cm³/mol. The van der Waals surface area contributed by atoms with Crippen LogP contribution in [0.3, 0.4) is 0 Å². The zero-order chi connectivity index (χ0) is 15.5. The molecule has 1 aromatic rings. The van der Waals surface area contributed by atoms with Crippen molar-refractivity contribution < 1.29 is 9.47 Å². The highest BCUT2D eigenvalue weighted by Crippen LogP contribution is 2.37. The van der Waals surface area contributed by atoms with Gasteiger partial charge in [-0.15, -0.1) is 0 Å². The molecule has 0 saturated carbocycles. The fourth-order valence-electron chi connectivity index (χ4n) is 2.37. The second-order valence-electron chi connectivity index (χ2n) is 5.19. The van der Waals surface area contributed by atoms with Gasteiger partial charge in [-0.3, -0.25) is 0 Å². The van der Waals surface area contributed by atoms with Crippen molar-refractivity contribution in [1.29, 1.82) is 0 Å². The number of nitrogens with one attached hydrogen (secondary N) is 1. The van der Waals surface area contributed by atoms with Crippen LogP contribution in [0.5, 0.6) is 11.5 Å². The number of halogens is 1. The van der Waals surface area contributed by atoms with E-state index in [2.05, 4.69) is 12.2 Å². The molecule has 0 radical (unpaired) electrons.